The molecule has 0 aromatic heterocycles. The highest BCUT2D eigenvalue weighted by Gasteiger charge is 2.39. The van der Waals surface area contributed by atoms with Crippen LogP contribution < -0.4 is 5.32 Å². The van der Waals surface area contributed by atoms with Crippen LogP contribution in [0.5, 0.6) is 0 Å². The fourth-order valence-corrected chi connectivity index (χ4v) is 6.21. The first-order valence-electron chi connectivity index (χ1n) is 12.1. The number of ether oxygens (including phenoxy) is 1. The van der Waals surface area contributed by atoms with Gasteiger partial charge in [0.05, 0.1) is 23.1 Å². The van der Waals surface area contributed by atoms with Gasteiger partial charge in [0, 0.05) is 50.5 Å². The maximum atomic E-state index is 13.2. The Balaban J connectivity index is 1.59. The van der Waals surface area contributed by atoms with Crippen molar-refractivity contribution in [1.82, 2.24) is 19.4 Å². The van der Waals surface area contributed by atoms with Gasteiger partial charge in [0.25, 0.3) is 0 Å². The van der Waals surface area contributed by atoms with E-state index in [1.54, 1.807) is 62.5 Å². The van der Waals surface area contributed by atoms with Gasteiger partial charge in [-0.25, -0.2) is 18.0 Å². The van der Waals surface area contributed by atoms with Crippen LogP contribution >= 0.6 is 11.6 Å². The Labute approximate surface area is 222 Å². The number of aryl methyl sites for hydroxylation is 1. The summed E-state index contributed by atoms with van der Waals surface area (Å²) in [5.41, 5.74) is 2.40. The molecule has 198 valence electrons. The number of sulfonamides is 1. The number of esters is 1. The molecule has 2 heterocycles. The Hall–Kier alpha value is -2.92. The maximum Gasteiger partial charge on any atom is 0.338 e. The number of rotatable bonds is 7. The minimum atomic E-state index is -3.60. The van der Waals surface area contributed by atoms with Crippen LogP contribution in [0.15, 0.2) is 64.7 Å². The van der Waals surface area contributed by atoms with Crippen LogP contribution in [-0.2, 0) is 19.6 Å². The van der Waals surface area contributed by atoms with E-state index >= 15 is 0 Å². The van der Waals surface area contributed by atoms with E-state index in [-0.39, 0.29) is 24.1 Å². The molecule has 0 saturated carbocycles. The Morgan fingerprint density at radius 2 is 1.73 bits per heavy atom. The van der Waals surface area contributed by atoms with Crippen LogP contribution in [0.3, 0.4) is 0 Å². The monoisotopic (exact) mass is 546 g/mol. The van der Waals surface area contributed by atoms with Gasteiger partial charge in [0.1, 0.15) is 0 Å². The summed E-state index contributed by atoms with van der Waals surface area (Å²) in [4.78, 5) is 29.8. The van der Waals surface area contributed by atoms with Crippen molar-refractivity contribution in [2.75, 3.05) is 46.4 Å². The summed E-state index contributed by atoms with van der Waals surface area (Å²) in [5.74, 6) is -0.533. The van der Waals surface area contributed by atoms with Gasteiger partial charge in [-0.15, -0.1) is 0 Å². The van der Waals surface area contributed by atoms with Gasteiger partial charge in [0.2, 0.25) is 10.0 Å². The average Bonchev–Trinajstić information content (AvgIpc) is 2.87. The number of amides is 2. The van der Waals surface area contributed by atoms with Crippen LogP contribution in [0.1, 0.15) is 24.1 Å². The van der Waals surface area contributed by atoms with Crippen molar-refractivity contribution in [1.29, 1.82) is 0 Å². The van der Waals surface area contributed by atoms with E-state index in [0.29, 0.717) is 48.0 Å². The van der Waals surface area contributed by atoms with Crippen molar-refractivity contribution >= 4 is 33.6 Å². The van der Waals surface area contributed by atoms with Crippen LogP contribution in [0.25, 0.3) is 0 Å². The Morgan fingerprint density at radius 3 is 2.35 bits per heavy atom. The molecule has 1 atom stereocenters. The number of carbonyl (C=O) groups excluding carboxylic acids is 2. The van der Waals surface area contributed by atoms with Crippen molar-refractivity contribution in [3.8, 4) is 0 Å². The molecule has 2 aliphatic heterocycles. The highest BCUT2D eigenvalue weighted by Crippen LogP contribution is 2.35. The van der Waals surface area contributed by atoms with E-state index in [4.69, 9.17) is 16.3 Å². The third kappa shape index (κ3) is 5.67. The average molecular weight is 547 g/mol. The number of nitrogens with zero attached hydrogens (tertiary/aromatic N) is 3. The molecule has 0 unspecified atom stereocenters. The molecule has 9 nitrogen and oxygen atoms in total. The van der Waals surface area contributed by atoms with Gasteiger partial charge < -0.3 is 10.1 Å². The maximum absolute atomic E-state index is 13.2. The number of carbonyl (C=O) groups is 2. The molecule has 2 aliphatic rings. The predicted molar refractivity (Wildman–Crippen MR) is 141 cm³/mol. The van der Waals surface area contributed by atoms with E-state index in [9.17, 15) is 18.0 Å². The molecule has 0 radical (unpaired) electrons. The van der Waals surface area contributed by atoms with E-state index in [1.165, 1.54) is 9.21 Å². The quantitative estimate of drug-likeness (QED) is 0.536. The lowest BCUT2D eigenvalue weighted by Crippen LogP contribution is -2.53. The number of halogens is 1. The van der Waals surface area contributed by atoms with E-state index < -0.39 is 22.0 Å². The van der Waals surface area contributed by atoms with E-state index in [0.717, 1.165) is 5.56 Å². The molecule has 2 amide bonds. The molecule has 11 heteroatoms. The van der Waals surface area contributed by atoms with E-state index in [1.807, 2.05) is 11.8 Å². The molecule has 0 aliphatic carbocycles. The van der Waals surface area contributed by atoms with Crippen LogP contribution in [0.4, 0.5) is 4.79 Å². The summed E-state index contributed by atoms with van der Waals surface area (Å²) >= 11 is 6.43. The lowest BCUT2D eigenvalue weighted by molar-refractivity contribution is -0.139. The second kappa shape index (κ2) is 11.2. The van der Waals surface area contributed by atoms with Crippen molar-refractivity contribution in [3.05, 3.63) is 76.0 Å². The Kier molecular flexibility index (Phi) is 8.23. The lowest BCUT2D eigenvalue weighted by Gasteiger charge is -2.39. The summed E-state index contributed by atoms with van der Waals surface area (Å²) in [6.07, 6.45) is 0. The molecular weight excluding hydrogens is 516 g/mol. The first kappa shape index (κ1) is 27.1. The third-order valence-corrected chi connectivity index (χ3v) is 8.91. The summed E-state index contributed by atoms with van der Waals surface area (Å²) in [7, 11) is -2.00. The summed E-state index contributed by atoms with van der Waals surface area (Å²) in [6, 6.07) is 12.7. The number of urea groups is 1. The fraction of sp³-hybridized carbons (Fsp3) is 0.385. The topological polar surface area (TPSA) is 99.3 Å². The van der Waals surface area contributed by atoms with Crippen LogP contribution in [-0.4, -0.2) is 80.9 Å². The molecule has 1 N–H and O–H groups in total. The Morgan fingerprint density at radius 1 is 1.08 bits per heavy atom. The third-order valence-electron chi connectivity index (χ3n) is 6.65. The molecular formula is C26H31ClN4O5S. The summed E-state index contributed by atoms with van der Waals surface area (Å²) < 4.78 is 33.0. The van der Waals surface area contributed by atoms with Gasteiger partial charge in [0.15, 0.2) is 0 Å². The number of benzene rings is 2. The smallest absolute Gasteiger partial charge is 0.338 e. The zero-order valence-electron chi connectivity index (χ0n) is 21.1. The van der Waals surface area contributed by atoms with Crippen molar-refractivity contribution < 1.29 is 22.7 Å². The summed E-state index contributed by atoms with van der Waals surface area (Å²) in [5, 5.41) is 3.29. The molecule has 1 fully saturated rings. The molecule has 0 spiro atoms. The highest BCUT2D eigenvalue weighted by molar-refractivity contribution is 7.89. The summed E-state index contributed by atoms with van der Waals surface area (Å²) in [6.45, 7) is 5.56. The van der Waals surface area contributed by atoms with E-state index in [2.05, 4.69) is 5.32 Å². The SMILES string of the molecule is CCOC(=O)C1=C(CN2CCN(S(=O)(=O)c3ccc(C)cc3)CC2)N(C)C(=O)N[C@@H]1c1ccccc1Cl. The molecule has 4 rings (SSSR count). The minimum Gasteiger partial charge on any atom is -0.463 e. The zero-order valence-corrected chi connectivity index (χ0v) is 22.7. The van der Waals surface area contributed by atoms with Gasteiger partial charge in [-0.05, 0) is 37.6 Å². The van der Waals surface area contributed by atoms with Crippen LogP contribution in [0.2, 0.25) is 5.02 Å². The second-order valence-corrected chi connectivity index (χ2v) is 11.4. The standard InChI is InChI=1S/C26H31ClN4O5S/c1-4-36-25(32)23-22(29(3)26(33)28-24(23)20-7-5-6-8-21(20)27)17-30-13-15-31(16-14-30)37(34,35)19-11-9-18(2)10-12-19/h5-12,24H,4,13-17H2,1-3H3,(H,28,33)/t24-/m1/s1. The predicted octanol–water partition coefficient (Wildman–Crippen LogP) is 3.17. The Bertz CT molecular complexity index is 1300. The first-order valence-corrected chi connectivity index (χ1v) is 13.9. The van der Waals surface area contributed by atoms with Crippen molar-refractivity contribution in [2.45, 2.75) is 24.8 Å². The number of likely N-dealkylation sites (N-methyl/N-ethyl adjacent to an activating group) is 1. The number of piperazine rings is 1. The highest BCUT2D eigenvalue weighted by atomic mass is 35.5. The van der Waals surface area contributed by atoms with Gasteiger partial charge in [-0.2, -0.15) is 4.31 Å². The largest absolute Gasteiger partial charge is 0.463 e. The molecule has 1 saturated heterocycles. The molecule has 0 bridgehead atoms. The number of nitrogens with one attached hydrogen (secondary N) is 1. The molecule has 2 aromatic carbocycles. The fourth-order valence-electron chi connectivity index (χ4n) is 4.54. The lowest BCUT2D eigenvalue weighted by atomic mass is 9.94. The van der Waals surface area contributed by atoms with Crippen LogP contribution in [0, 0.1) is 6.92 Å². The van der Waals surface area contributed by atoms with Gasteiger partial charge in [-0.3, -0.25) is 9.80 Å². The molecule has 2 aromatic rings. The second-order valence-electron chi connectivity index (χ2n) is 9.04. The number of hydrogen-bond donors (Lipinski definition) is 1. The number of hydrogen-bond acceptors (Lipinski definition) is 6. The van der Waals surface area contributed by atoms with Gasteiger partial charge in [-0.1, -0.05) is 47.5 Å². The normalized spacial score (nSPS) is 19.6. The van der Waals surface area contributed by atoms with Crippen molar-refractivity contribution in [2.24, 2.45) is 0 Å². The minimum absolute atomic E-state index is 0.179. The van der Waals surface area contributed by atoms with Crippen molar-refractivity contribution in [3.63, 3.8) is 0 Å². The molecule has 37 heavy (non-hydrogen) atoms. The first-order chi connectivity index (χ1) is 17.6. The zero-order chi connectivity index (χ0) is 26.7. The van der Waals surface area contributed by atoms with Gasteiger partial charge >= 0.3 is 12.0 Å².